The molecular weight excluding hydrogens is 192 g/mol. The molecule has 0 saturated carbocycles. The second-order valence-corrected chi connectivity index (χ2v) is 4.78. The Morgan fingerprint density at radius 2 is 1.79 bits per heavy atom. The SMILES string of the molecule is CCC(CC)N(CC(N)=S)CC(C)C. The summed E-state index contributed by atoms with van der Waals surface area (Å²) in [6.07, 6.45) is 2.34. The lowest BCUT2D eigenvalue weighted by molar-refractivity contribution is 0.191. The Labute approximate surface area is 93.8 Å². The lowest BCUT2D eigenvalue weighted by Crippen LogP contribution is -2.42. The Hall–Kier alpha value is -0.150. The molecule has 0 aromatic carbocycles. The van der Waals surface area contributed by atoms with Gasteiger partial charge in [-0.15, -0.1) is 0 Å². The Bertz CT molecular complexity index is 165. The van der Waals surface area contributed by atoms with Crippen LogP contribution in [0.25, 0.3) is 0 Å². The second kappa shape index (κ2) is 7.18. The van der Waals surface area contributed by atoms with Crippen LogP contribution in [-0.2, 0) is 0 Å². The third-order valence-corrected chi connectivity index (χ3v) is 2.55. The maximum absolute atomic E-state index is 5.61. The number of hydrogen-bond acceptors (Lipinski definition) is 2. The third kappa shape index (κ3) is 5.55. The van der Waals surface area contributed by atoms with Gasteiger partial charge in [0.25, 0.3) is 0 Å². The molecule has 0 rings (SSSR count). The Balaban J connectivity index is 4.27. The van der Waals surface area contributed by atoms with E-state index in [1.807, 2.05) is 0 Å². The summed E-state index contributed by atoms with van der Waals surface area (Å²) in [6, 6.07) is 0.624. The van der Waals surface area contributed by atoms with Crippen molar-refractivity contribution in [3.05, 3.63) is 0 Å². The van der Waals surface area contributed by atoms with Crippen molar-refractivity contribution in [1.82, 2.24) is 4.90 Å². The fourth-order valence-electron chi connectivity index (χ4n) is 1.82. The Morgan fingerprint density at radius 1 is 1.29 bits per heavy atom. The summed E-state index contributed by atoms with van der Waals surface area (Å²) < 4.78 is 0. The van der Waals surface area contributed by atoms with E-state index < -0.39 is 0 Å². The highest BCUT2D eigenvalue weighted by Crippen LogP contribution is 2.10. The first kappa shape index (κ1) is 13.8. The van der Waals surface area contributed by atoms with Crippen LogP contribution in [0.3, 0.4) is 0 Å². The van der Waals surface area contributed by atoms with Crippen LogP contribution in [0.5, 0.6) is 0 Å². The van der Waals surface area contributed by atoms with Crippen molar-refractivity contribution in [3.8, 4) is 0 Å². The quantitative estimate of drug-likeness (QED) is 0.663. The van der Waals surface area contributed by atoms with Gasteiger partial charge in [-0.25, -0.2) is 0 Å². The summed E-state index contributed by atoms with van der Waals surface area (Å²) >= 11 is 4.98. The molecule has 0 amide bonds. The Morgan fingerprint density at radius 3 is 2.07 bits per heavy atom. The molecule has 3 heteroatoms. The zero-order valence-corrected chi connectivity index (χ0v) is 10.7. The fraction of sp³-hybridized carbons (Fsp3) is 0.909. The van der Waals surface area contributed by atoms with Crippen LogP contribution in [0.1, 0.15) is 40.5 Å². The minimum absolute atomic E-state index is 0.609. The van der Waals surface area contributed by atoms with Gasteiger partial charge >= 0.3 is 0 Å². The molecule has 0 heterocycles. The molecule has 2 N–H and O–H groups in total. The molecule has 0 fully saturated rings. The van der Waals surface area contributed by atoms with Crippen LogP contribution >= 0.6 is 12.2 Å². The first-order chi connectivity index (χ1) is 6.51. The Kier molecular flexibility index (Phi) is 7.11. The van der Waals surface area contributed by atoms with Gasteiger partial charge in [-0.1, -0.05) is 39.9 Å². The molecule has 0 atom stereocenters. The van der Waals surface area contributed by atoms with Gasteiger partial charge in [0.05, 0.1) is 4.99 Å². The first-order valence-corrected chi connectivity index (χ1v) is 5.94. The van der Waals surface area contributed by atoms with Crippen molar-refractivity contribution in [3.63, 3.8) is 0 Å². The largest absolute Gasteiger partial charge is 0.392 e. The van der Waals surface area contributed by atoms with Crippen LogP contribution in [0.4, 0.5) is 0 Å². The molecular formula is C11H24N2S. The predicted molar refractivity (Wildman–Crippen MR) is 67.6 cm³/mol. The van der Waals surface area contributed by atoms with Crippen LogP contribution in [0, 0.1) is 5.92 Å². The van der Waals surface area contributed by atoms with Gasteiger partial charge in [-0.05, 0) is 18.8 Å². The molecule has 0 aliphatic heterocycles. The summed E-state index contributed by atoms with van der Waals surface area (Å²) in [4.78, 5) is 3.02. The number of thiocarbonyl (C=S) groups is 1. The van der Waals surface area contributed by atoms with Crippen LogP contribution < -0.4 is 5.73 Å². The van der Waals surface area contributed by atoms with Gasteiger partial charge in [0, 0.05) is 19.1 Å². The van der Waals surface area contributed by atoms with Crippen molar-refractivity contribution >= 4 is 17.2 Å². The van der Waals surface area contributed by atoms with Gasteiger partial charge < -0.3 is 5.73 Å². The second-order valence-electron chi connectivity index (χ2n) is 4.26. The molecule has 0 radical (unpaired) electrons. The molecule has 0 aromatic rings. The van der Waals surface area contributed by atoms with Crippen LogP contribution in [-0.4, -0.2) is 29.0 Å². The highest BCUT2D eigenvalue weighted by molar-refractivity contribution is 7.80. The molecule has 14 heavy (non-hydrogen) atoms. The minimum Gasteiger partial charge on any atom is -0.392 e. The summed E-state index contributed by atoms with van der Waals surface area (Å²) in [5, 5.41) is 0. The predicted octanol–water partition coefficient (Wildman–Crippen LogP) is 2.42. The van der Waals surface area contributed by atoms with E-state index >= 15 is 0 Å². The highest BCUT2D eigenvalue weighted by Gasteiger charge is 2.16. The number of rotatable bonds is 7. The monoisotopic (exact) mass is 216 g/mol. The van der Waals surface area contributed by atoms with Crippen molar-refractivity contribution in [1.29, 1.82) is 0 Å². The molecule has 0 unspecified atom stereocenters. The van der Waals surface area contributed by atoms with Gasteiger partial charge in [0.1, 0.15) is 0 Å². The molecule has 0 spiro atoms. The summed E-state index contributed by atoms with van der Waals surface area (Å²) in [5.41, 5.74) is 5.61. The molecule has 0 aliphatic carbocycles. The van der Waals surface area contributed by atoms with E-state index in [1.54, 1.807) is 0 Å². The maximum Gasteiger partial charge on any atom is 0.0870 e. The average molecular weight is 216 g/mol. The standard InChI is InChI=1S/C11H24N2S/c1-5-10(6-2)13(7-9(3)4)8-11(12)14/h9-10H,5-8H2,1-4H3,(H2,12,14). The van der Waals surface area contributed by atoms with E-state index in [2.05, 4.69) is 32.6 Å². The van der Waals surface area contributed by atoms with Gasteiger partial charge in [0.2, 0.25) is 0 Å². The van der Waals surface area contributed by atoms with Crippen molar-refractivity contribution in [2.24, 2.45) is 11.7 Å². The van der Waals surface area contributed by atoms with E-state index in [-0.39, 0.29) is 0 Å². The topological polar surface area (TPSA) is 29.3 Å². The van der Waals surface area contributed by atoms with E-state index in [1.165, 1.54) is 12.8 Å². The van der Waals surface area contributed by atoms with Crippen molar-refractivity contribution in [2.45, 2.75) is 46.6 Å². The fourth-order valence-corrected chi connectivity index (χ4v) is 1.98. The van der Waals surface area contributed by atoms with Crippen LogP contribution in [0.2, 0.25) is 0 Å². The van der Waals surface area contributed by atoms with Gasteiger partial charge in [0.15, 0.2) is 0 Å². The zero-order valence-electron chi connectivity index (χ0n) is 9.92. The number of nitrogens with two attached hydrogens (primary N) is 1. The highest BCUT2D eigenvalue weighted by atomic mass is 32.1. The molecule has 0 bridgehead atoms. The minimum atomic E-state index is 0.609. The van der Waals surface area contributed by atoms with E-state index in [9.17, 15) is 0 Å². The molecule has 0 aromatic heterocycles. The average Bonchev–Trinajstić information content (AvgIpc) is 2.03. The van der Waals surface area contributed by atoms with Crippen LogP contribution in [0.15, 0.2) is 0 Å². The molecule has 2 nitrogen and oxygen atoms in total. The maximum atomic E-state index is 5.61. The van der Waals surface area contributed by atoms with E-state index in [0.717, 1.165) is 13.1 Å². The molecule has 0 aliphatic rings. The summed E-state index contributed by atoms with van der Waals surface area (Å²) in [5.74, 6) is 0.671. The normalized spacial score (nSPS) is 11.6. The zero-order chi connectivity index (χ0) is 11.1. The number of hydrogen-bond donors (Lipinski definition) is 1. The van der Waals surface area contributed by atoms with Gasteiger partial charge in [-0.3, -0.25) is 4.90 Å². The van der Waals surface area contributed by atoms with E-state index in [0.29, 0.717) is 16.9 Å². The third-order valence-electron chi connectivity index (χ3n) is 2.42. The van der Waals surface area contributed by atoms with Crippen molar-refractivity contribution < 1.29 is 0 Å². The molecule has 0 saturated heterocycles. The lowest BCUT2D eigenvalue weighted by Gasteiger charge is -2.31. The summed E-state index contributed by atoms with van der Waals surface area (Å²) in [7, 11) is 0. The first-order valence-electron chi connectivity index (χ1n) is 5.53. The van der Waals surface area contributed by atoms with Gasteiger partial charge in [-0.2, -0.15) is 0 Å². The molecule has 84 valence electrons. The smallest absolute Gasteiger partial charge is 0.0870 e. The number of nitrogens with zero attached hydrogens (tertiary/aromatic N) is 1. The van der Waals surface area contributed by atoms with Crippen molar-refractivity contribution in [2.75, 3.05) is 13.1 Å². The lowest BCUT2D eigenvalue weighted by atomic mass is 10.1. The van der Waals surface area contributed by atoms with E-state index in [4.69, 9.17) is 18.0 Å². The summed E-state index contributed by atoms with van der Waals surface area (Å²) in [6.45, 7) is 10.8.